The first-order chi connectivity index (χ1) is 15.9. The van der Waals surface area contributed by atoms with Gasteiger partial charge >= 0.3 is 0 Å². The predicted molar refractivity (Wildman–Crippen MR) is 122 cm³/mol. The average molecular weight is 453 g/mol. The zero-order valence-electron chi connectivity index (χ0n) is 19.0. The van der Waals surface area contributed by atoms with Crippen LogP contribution in [0.2, 0.25) is 0 Å². The summed E-state index contributed by atoms with van der Waals surface area (Å²) in [7, 11) is 3.62. The molecule has 1 saturated carbocycles. The number of pyridine rings is 2. The molecular weight excluding hydrogens is 424 g/mol. The number of methoxy groups -OCH3 is 1. The second-order valence-electron chi connectivity index (χ2n) is 8.86. The molecule has 0 spiro atoms. The van der Waals surface area contributed by atoms with E-state index in [1.807, 2.05) is 36.0 Å². The van der Waals surface area contributed by atoms with Crippen LogP contribution in [0.1, 0.15) is 31.9 Å². The first-order valence-corrected chi connectivity index (χ1v) is 11.1. The highest BCUT2D eigenvalue weighted by Crippen LogP contribution is 2.39. The molecule has 9 heteroatoms. The lowest BCUT2D eigenvalue weighted by molar-refractivity contribution is -0.114. The number of aliphatic hydroxyl groups excluding tert-OH is 1. The molecule has 3 aromatic heterocycles. The molecule has 1 aliphatic heterocycles. The van der Waals surface area contributed by atoms with E-state index in [9.17, 15) is 9.90 Å². The fraction of sp³-hybridized carbons (Fsp3) is 0.458. The number of amides is 1. The maximum absolute atomic E-state index is 11.5. The highest BCUT2D eigenvalue weighted by Gasteiger charge is 2.39. The Balaban J connectivity index is 1.62. The number of aromatic nitrogens is 3. The van der Waals surface area contributed by atoms with Crippen LogP contribution in [0.5, 0.6) is 5.75 Å². The van der Waals surface area contributed by atoms with Crippen molar-refractivity contribution in [1.82, 2.24) is 14.5 Å². The molecule has 1 atom stereocenters. The molecular formula is C24H28N4O5. The van der Waals surface area contributed by atoms with E-state index < -0.39 is 5.60 Å². The molecule has 0 radical (unpaired) electrons. The van der Waals surface area contributed by atoms with E-state index in [0.717, 1.165) is 27.9 Å². The van der Waals surface area contributed by atoms with Gasteiger partial charge in [0.15, 0.2) is 0 Å². The molecule has 2 aliphatic rings. The zero-order chi connectivity index (χ0) is 23.2. The number of carbonyl (C=O) groups is 1. The lowest BCUT2D eigenvalue weighted by atomic mass is 9.92. The number of anilines is 1. The topological polar surface area (TPSA) is 108 Å². The van der Waals surface area contributed by atoms with Crippen molar-refractivity contribution in [2.45, 2.75) is 44.0 Å². The largest absolute Gasteiger partial charge is 0.490 e. The number of hydrogen-bond donors (Lipinski definition) is 2. The van der Waals surface area contributed by atoms with Gasteiger partial charge in [-0.25, -0.2) is 9.97 Å². The number of aliphatic hydroxyl groups is 1. The third-order valence-electron chi connectivity index (χ3n) is 6.47. The monoisotopic (exact) mass is 452 g/mol. The fourth-order valence-electron chi connectivity index (χ4n) is 4.52. The van der Waals surface area contributed by atoms with Crippen molar-refractivity contribution in [1.29, 1.82) is 0 Å². The van der Waals surface area contributed by atoms with E-state index in [1.54, 1.807) is 13.3 Å². The van der Waals surface area contributed by atoms with E-state index >= 15 is 0 Å². The number of carbonyl (C=O) groups excluding carboxylic acids is 1. The number of hydrogen-bond acceptors (Lipinski definition) is 7. The van der Waals surface area contributed by atoms with Crippen molar-refractivity contribution in [2.75, 3.05) is 25.6 Å². The minimum atomic E-state index is -0.638. The number of ether oxygens (including phenoxy) is 3. The smallest absolute Gasteiger partial charge is 0.222 e. The summed E-state index contributed by atoms with van der Waals surface area (Å²) in [5.41, 5.74) is 2.66. The van der Waals surface area contributed by atoms with Crippen LogP contribution >= 0.6 is 0 Å². The number of nitrogens with one attached hydrogen (secondary N) is 1. The van der Waals surface area contributed by atoms with Crippen molar-refractivity contribution in [2.24, 2.45) is 7.05 Å². The molecule has 2 N–H and O–H groups in total. The lowest BCUT2D eigenvalue weighted by Crippen LogP contribution is -2.37. The van der Waals surface area contributed by atoms with Crippen LogP contribution in [-0.4, -0.2) is 58.1 Å². The molecule has 174 valence electrons. The molecule has 33 heavy (non-hydrogen) atoms. The van der Waals surface area contributed by atoms with Gasteiger partial charge < -0.3 is 29.2 Å². The highest BCUT2D eigenvalue weighted by molar-refractivity contribution is 5.98. The van der Waals surface area contributed by atoms with Crippen molar-refractivity contribution in [3.63, 3.8) is 0 Å². The van der Waals surface area contributed by atoms with E-state index in [4.69, 9.17) is 19.2 Å². The van der Waals surface area contributed by atoms with Crippen LogP contribution in [-0.2, 0) is 26.9 Å². The zero-order valence-corrected chi connectivity index (χ0v) is 19.0. The second-order valence-corrected chi connectivity index (χ2v) is 8.86. The number of rotatable bonds is 6. The summed E-state index contributed by atoms with van der Waals surface area (Å²) >= 11 is 0. The molecule has 1 saturated heterocycles. The number of fused-ring (bicyclic) bond motifs is 1. The summed E-state index contributed by atoms with van der Waals surface area (Å²) in [6.07, 6.45) is 5.34. The maximum Gasteiger partial charge on any atom is 0.222 e. The molecule has 2 fully saturated rings. The minimum absolute atomic E-state index is 0.0236. The molecule has 1 amide bonds. The van der Waals surface area contributed by atoms with Gasteiger partial charge in [0, 0.05) is 76.2 Å². The Labute approximate surface area is 191 Å². The van der Waals surface area contributed by atoms with Gasteiger partial charge in [-0.1, -0.05) is 0 Å². The van der Waals surface area contributed by atoms with Gasteiger partial charge in [0.05, 0.1) is 35.8 Å². The maximum atomic E-state index is 11.5. The van der Waals surface area contributed by atoms with Crippen LogP contribution in [0.3, 0.4) is 0 Å². The quantitative estimate of drug-likeness (QED) is 0.592. The molecule has 3 aromatic rings. The first-order valence-electron chi connectivity index (χ1n) is 11.1. The van der Waals surface area contributed by atoms with Gasteiger partial charge in [-0.05, 0) is 6.07 Å². The predicted octanol–water partition coefficient (Wildman–Crippen LogP) is 2.76. The van der Waals surface area contributed by atoms with Gasteiger partial charge in [0.25, 0.3) is 0 Å². The van der Waals surface area contributed by atoms with E-state index in [2.05, 4.69) is 10.3 Å². The summed E-state index contributed by atoms with van der Waals surface area (Å²) in [6, 6.07) is 5.69. The van der Waals surface area contributed by atoms with Gasteiger partial charge in [-0.3, -0.25) is 4.79 Å². The van der Waals surface area contributed by atoms with Gasteiger partial charge in [-0.2, -0.15) is 0 Å². The Morgan fingerprint density at radius 1 is 1.33 bits per heavy atom. The SMILES string of the molecule is CO[C@@]1(c2cc(O[C@H]3C[C@@H](O)C3)cc(-c3cn(C)c4cnc(NC(C)=O)cc34)n2)CCOC1. The molecule has 1 aliphatic carbocycles. The Bertz CT molecular complexity index is 1200. The summed E-state index contributed by atoms with van der Waals surface area (Å²) in [5.74, 6) is 0.987. The molecule has 0 unspecified atom stereocenters. The summed E-state index contributed by atoms with van der Waals surface area (Å²) in [4.78, 5) is 20.9. The third kappa shape index (κ3) is 4.07. The van der Waals surface area contributed by atoms with Crippen molar-refractivity contribution in [3.8, 4) is 17.0 Å². The van der Waals surface area contributed by atoms with Crippen molar-refractivity contribution in [3.05, 3.63) is 36.3 Å². The Kier molecular flexibility index (Phi) is 5.55. The molecule has 0 bridgehead atoms. The average Bonchev–Trinajstić information content (AvgIpc) is 3.38. The standard InChI is InChI=1S/C24H28N4O5/c1-14(29)26-23-10-18-19(12-28(2)21(18)11-25-23)20-8-17(33-16-6-15(30)7-16)9-22(27-20)24(31-3)4-5-32-13-24/h8-12,15-16,30H,4-7,13H2,1-3H3,(H,25,26,29)/t15-,16+,24-/m0/s1. The Hall–Kier alpha value is -3.01. The van der Waals surface area contributed by atoms with E-state index in [1.165, 1.54) is 6.92 Å². The van der Waals surface area contributed by atoms with Crippen molar-refractivity contribution < 1.29 is 24.1 Å². The molecule has 4 heterocycles. The van der Waals surface area contributed by atoms with Gasteiger partial charge in [0.1, 0.15) is 23.3 Å². The van der Waals surface area contributed by atoms with Gasteiger partial charge in [-0.15, -0.1) is 0 Å². The van der Waals surface area contributed by atoms with Crippen LogP contribution in [0, 0.1) is 0 Å². The summed E-state index contributed by atoms with van der Waals surface area (Å²) < 4.78 is 19.7. The van der Waals surface area contributed by atoms with Crippen LogP contribution in [0.25, 0.3) is 22.2 Å². The Morgan fingerprint density at radius 3 is 2.82 bits per heavy atom. The molecule has 9 nitrogen and oxygen atoms in total. The fourth-order valence-corrected chi connectivity index (χ4v) is 4.52. The number of aryl methyl sites for hydroxylation is 1. The minimum Gasteiger partial charge on any atom is -0.490 e. The first kappa shape index (κ1) is 21.8. The van der Waals surface area contributed by atoms with Crippen LogP contribution in [0.15, 0.2) is 30.6 Å². The third-order valence-corrected chi connectivity index (χ3v) is 6.47. The normalized spacial score (nSPS) is 24.6. The molecule has 0 aromatic carbocycles. The van der Waals surface area contributed by atoms with Crippen LogP contribution < -0.4 is 10.1 Å². The summed E-state index contributed by atoms with van der Waals surface area (Å²) in [5, 5.41) is 13.3. The van der Waals surface area contributed by atoms with Gasteiger partial charge in [0.2, 0.25) is 5.91 Å². The van der Waals surface area contributed by atoms with E-state index in [-0.39, 0.29) is 18.1 Å². The van der Waals surface area contributed by atoms with Crippen molar-refractivity contribution >= 4 is 22.6 Å². The Morgan fingerprint density at radius 2 is 2.15 bits per heavy atom. The second kappa shape index (κ2) is 8.40. The summed E-state index contributed by atoms with van der Waals surface area (Å²) in [6.45, 7) is 2.48. The van der Waals surface area contributed by atoms with E-state index in [0.29, 0.717) is 44.0 Å². The highest BCUT2D eigenvalue weighted by atomic mass is 16.5. The molecule has 5 rings (SSSR count). The number of nitrogens with zero attached hydrogens (tertiary/aromatic N) is 3. The lowest BCUT2D eigenvalue weighted by Gasteiger charge is -2.32. The van der Waals surface area contributed by atoms with Crippen LogP contribution in [0.4, 0.5) is 5.82 Å².